The van der Waals surface area contributed by atoms with Crippen molar-refractivity contribution in [2.75, 3.05) is 13.2 Å². The van der Waals surface area contributed by atoms with Gasteiger partial charge >= 0.3 is 0 Å². The molecule has 0 saturated heterocycles. The van der Waals surface area contributed by atoms with Crippen molar-refractivity contribution < 1.29 is 14.3 Å². The van der Waals surface area contributed by atoms with E-state index < -0.39 is 0 Å². The second kappa shape index (κ2) is 7.10. The van der Waals surface area contributed by atoms with E-state index in [0.29, 0.717) is 12.3 Å². The largest absolute Gasteiger partial charge is 0.494 e. The Labute approximate surface area is 119 Å². The average Bonchev–Trinajstić information content (AvgIpc) is 2.82. The van der Waals surface area contributed by atoms with Gasteiger partial charge in [-0.25, -0.2) is 4.98 Å². The molecule has 1 N–H and O–H groups in total. The highest BCUT2D eigenvalue weighted by Crippen LogP contribution is 2.24. The second-order valence-electron chi connectivity index (χ2n) is 4.72. The molecule has 0 atom stereocenters. The molecule has 0 radical (unpaired) electrons. The number of hydrogen-bond donors (Lipinski definition) is 1. The number of aliphatic hydroxyl groups excluding tert-OH is 1. The lowest BCUT2D eigenvalue weighted by molar-refractivity contribution is 0.297. The summed E-state index contributed by atoms with van der Waals surface area (Å²) in [5.74, 6) is 2.21. The molecule has 0 fully saturated rings. The van der Waals surface area contributed by atoms with Gasteiger partial charge in [0, 0.05) is 18.6 Å². The summed E-state index contributed by atoms with van der Waals surface area (Å²) < 4.78 is 11.2. The summed E-state index contributed by atoms with van der Waals surface area (Å²) in [6.45, 7) is 4.83. The fourth-order valence-corrected chi connectivity index (χ4v) is 1.92. The van der Waals surface area contributed by atoms with Gasteiger partial charge in [-0.1, -0.05) is 13.3 Å². The van der Waals surface area contributed by atoms with Crippen LogP contribution in [0.25, 0.3) is 11.5 Å². The minimum atomic E-state index is 0.0804. The van der Waals surface area contributed by atoms with E-state index in [1.165, 1.54) is 0 Å². The predicted molar refractivity (Wildman–Crippen MR) is 77.9 cm³/mol. The molecule has 0 aliphatic rings. The van der Waals surface area contributed by atoms with Crippen molar-refractivity contribution in [3.05, 3.63) is 35.7 Å². The average molecular weight is 275 g/mol. The van der Waals surface area contributed by atoms with Crippen LogP contribution in [-0.2, 0) is 6.42 Å². The van der Waals surface area contributed by atoms with Crippen LogP contribution in [0.1, 0.15) is 31.2 Å². The standard InChI is InChI=1S/C16H21NO3/c1-3-4-11-19-14-7-5-13(6-8-14)16-17-15(9-10-18)12(2)20-16/h5-8,18H,3-4,9-11H2,1-2H3. The number of benzene rings is 1. The molecule has 108 valence electrons. The molecule has 2 aromatic rings. The van der Waals surface area contributed by atoms with Crippen LogP contribution in [0.5, 0.6) is 5.75 Å². The summed E-state index contributed by atoms with van der Waals surface area (Å²) in [4.78, 5) is 4.41. The molecule has 1 aromatic carbocycles. The van der Waals surface area contributed by atoms with Gasteiger partial charge in [0.25, 0.3) is 0 Å². The van der Waals surface area contributed by atoms with E-state index in [-0.39, 0.29) is 6.61 Å². The number of unbranched alkanes of at least 4 members (excludes halogenated alkanes) is 1. The van der Waals surface area contributed by atoms with Gasteiger partial charge in [-0.2, -0.15) is 0 Å². The van der Waals surface area contributed by atoms with E-state index in [1.54, 1.807) is 0 Å². The van der Waals surface area contributed by atoms with Gasteiger partial charge < -0.3 is 14.3 Å². The van der Waals surface area contributed by atoms with Crippen molar-refractivity contribution in [1.29, 1.82) is 0 Å². The number of aliphatic hydroxyl groups is 1. The van der Waals surface area contributed by atoms with E-state index >= 15 is 0 Å². The zero-order valence-corrected chi connectivity index (χ0v) is 12.1. The third-order valence-corrected chi connectivity index (χ3v) is 3.11. The van der Waals surface area contributed by atoms with Gasteiger partial charge in [0.05, 0.1) is 12.3 Å². The minimum absolute atomic E-state index is 0.0804. The number of aromatic nitrogens is 1. The fraction of sp³-hybridized carbons (Fsp3) is 0.438. The number of nitrogens with zero attached hydrogens (tertiary/aromatic N) is 1. The van der Waals surface area contributed by atoms with Crippen molar-refractivity contribution in [2.24, 2.45) is 0 Å². The quantitative estimate of drug-likeness (QED) is 0.787. The third kappa shape index (κ3) is 3.61. The highest BCUT2D eigenvalue weighted by molar-refractivity contribution is 5.55. The molecular formula is C16H21NO3. The number of rotatable bonds is 7. The molecule has 1 heterocycles. The van der Waals surface area contributed by atoms with E-state index in [4.69, 9.17) is 14.3 Å². The molecule has 0 unspecified atom stereocenters. The highest BCUT2D eigenvalue weighted by atomic mass is 16.5. The van der Waals surface area contributed by atoms with Crippen LogP contribution < -0.4 is 4.74 Å². The van der Waals surface area contributed by atoms with Gasteiger partial charge in [0.1, 0.15) is 11.5 Å². The lowest BCUT2D eigenvalue weighted by Gasteiger charge is -2.05. The Morgan fingerprint density at radius 3 is 2.65 bits per heavy atom. The maximum Gasteiger partial charge on any atom is 0.226 e. The van der Waals surface area contributed by atoms with Crippen LogP contribution in [0.3, 0.4) is 0 Å². The predicted octanol–water partition coefficient (Wildman–Crippen LogP) is 3.36. The molecule has 4 heteroatoms. The van der Waals surface area contributed by atoms with Crippen LogP contribution in [0.2, 0.25) is 0 Å². The van der Waals surface area contributed by atoms with Gasteiger partial charge in [-0.05, 0) is 37.6 Å². The Hall–Kier alpha value is -1.81. The van der Waals surface area contributed by atoms with Crippen LogP contribution in [0, 0.1) is 6.92 Å². The molecular weight excluding hydrogens is 254 g/mol. The molecule has 0 amide bonds. The molecule has 0 aliphatic heterocycles. The number of oxazole rings is 1. The normalized spacial score (nSPS) is 10.8. The summed E-state index contributed by atoms with van der Waals surface area (Å²) >= 11 is 0. The summed E-state index contributed by atoms with van der Waals surface area (Å²) in [6.07, 6.45) is 2.71. The molecule has 0 saturated carbocycles. The second-order valence-corrected chi connectivity index (χ2v) is 4.72. The fourth-order valence-electron chi connectivity index (χ4n) is 1.92. The Balaban J connectivity index is 2.07. The zero-order valence-electron chi connectivity index (χ0n) is 12.1. The van der Waals surface area contributed by atoms with Crippen LogP contribution in [-0.4, -0.2) is 23.3 Å². The highest BCUT2D eigenvalue weighted by Gasteiger charge is 2.10. The first-order valence-corrected chi connectivity index (χ1v) is 7.05. The van der Waals surface area contributed by atoms with E-state index in [1.807, 2.05) is 31.2 Å². The van der Waals surface area contributed by atoms with Crippen LogP contribution in [0.4, 0.5) is 0 Å². The maximum atomic E-state index is 8.96. The van der Waals surface area contributed by atoms with E-state index in [0.717, 1.165) is 42.2 Å². The summed E-state index contributed by atoms with van der Waals surface area (Å²) in [6, 6.07) is 7.73. The molecule has 1 aromatic heterocycles. The van der Waals surface area contributed by atoms with Gasteiger partial charge in [0.2, 0.25) is 5.89 Å². The Morgan fingerprint density at radius 2 is 2.00 bits per heavy atom. The van der Waals surface area contributed by atoms with E-state index in [9.17, 15) is 0 Å². The molecule has 0 aliphatic carbocycles. The maximum absolute atomic E-state index is 8.96. The van der Waals surface area contributed by atoms with Gasteiger partial charge in [-0.15, -0.1) is 0 Å². The first-order valence-electron chi connectivity index (χ1n) is 7.05. The van der Waals surface area contributed by atoms with Gasteiger partial charge in [0.15, 0.2) is 0 Å². The Kier molecular flexibility index (Phi) is 5.18. The molecule has 0 spiro atoms. The smallest absolute Gasteiger partial charge is 0.226 e. The van der Waals surface area contributed by atoms with Crippen LogP contribution >= 0.6 is 0 Å². The minimum Gasteiger partial charge on any atom is -0.494 e. The number of aryl methyl sites for hydroxylation is 1. The van der Waals surface area contributed by atoms with Crippen molar-refractivity contribution in [3.8, 4) is 17.2 Å². The number of ether oxygens (including phenoxy) is 1. The SMILES string of the molecule is CCCCOc1ccc(-c2nc(CCO)c(C)o2)cc1. The summed E-state index contributed by atoms with van der Waals surface area (Å²) in [7, 11) is 0. The van der Waals surface area contributed by atoms with Crippen LogP contribution in [0.15, 0.2) is 28.7 Å². The van der Waals surface area contributed by atoms with E-state index in [2.05, 4.69) is 11.9 Å². The van der Waals surface area contributed by atoms with Crippen molar-refractivity contribution in [1.82, 2.24) is 4.98 Å². The Morgan fingerprint density at radius 1 is 1.25 bits per heavy atom. The monoisotopic (exact) mass is 275 g/mol. The molecule has 4 nitrogen and oxygen atoms in total. The molecule has 20 heavy (non-hydrogen) atoms. The first kappa shape index (κ1) is 14.6. The lowest BCUT2D eigenvalue weighted by atomic mass is 10.2. The Bertz CT molecular complexity index is 531. The molecule has 0 bridgehead atoms. The summed E-state index contributed by atoms with van der Waals surface area (Å²) in [5, 5.41) is 8.96. The first-order chi connectivity index (χ1) is 9.74. The topological polar surface area (TPSA) is 55.5 Å². The third-order valence-electron chi connectivity index (χ3n) is 3.11. The molecule has 2 rings (SSSR count). The van der Waals surface area contributed by atoms with Gasteiger partial charge in [-0.3, -0.25) is 0 Å². The number of hydrogen-bond acceptors (Lipinski definition) is 4. The lowest BCUT2D eigenvalue weighted by Crippen LogP contribution is -1.96. The van der Waals surface area contributed by atoms with Crippen molar-refractivity contribution >= 4 is 0 Å². The van der Waals surface area contributed by atoms with Crippen molar-refractivity contribution in [3.63, 3.8) is 0 Å². The summed E-state index contributed by atoms with van der Waals surface area (Å²) in [5.41, 5.74) is 1.73. The van der Waals surface area contributed by atoms with Crippen molar-refractivity contribution in [2.45, 2.75) is 33.1 Å². The zero-order chi connectivity index (χ0) is 14.4.